The Bertz CT molecular complexity index is 675. The van der Waals surface area contributed by atoms with Gasteiger partial charge in [0.1, 0.15) is 5.01 Å². The fourth-order valence-corrected chi connectivity index (χ4v) is 3.80. The molecule has 0 N–H and O–H groups in total. The number of thiazole rings is 1. The number of rotatable bonds is 3. The van der Waals surface area contributed by atoms with Crippen molar-refractivity contribution in [2.24, 2.45) is 5.92 Å². The molecule has 0 unspecified atom stereocenters. The molecule has 116 valence electrons. The smallest absolute Gasteiger partial charge is 0.219 e. The number of hydrogen-bond acceptors (Lipinski definition) is 4. The molecule has 3 rings (SSSR count). The minimum atomic E-state index is 0.187. The molecule has 0 bridgehead atoms. The van der Waals surface area contributed by atoms with Gasteiger partial charge in [0.2, 0.25) is 5.91 Å². The molecule has 1 saturated heterocycles. The topological polar surface area (TPSA) is 46.1 Å². The van der Waals surface area contributed by atoms with E-state index in [1.165, 1.54) is 10.4 Å². The quantitative estimate of drug-likeness (QED) is 0.873. The summed E-state index contributed by atoms with van der Waals surface area (Å²) in [6.45, 7) is 7.55. The van der Waals surface area contributed by atoms with Gasteiger partial charge in [-0.05, 0) is 50.3 Å². The standard InChI is InChI=1S/C17H21N3OS/c1-11-12(2)22-17(19-11)16-9-14(4-6-18-16)8-15-5-7-20(10-15)13(3)21/h4,6,9,15H,5,7-8,10H2,1-3H3/t15-/m0/s1. The predicted molar refractivity (Wildman–Crippen MR) is 88.9 cm³/mol. The van der Waals surface area contributed by atoms with E-state index >= 15 is 0 Å². The highest BCUT2D eigenvalue weighted by atomic mass is 32.1. The SMILES string of the molecule is CC(=O)N1CC[C@@H](Cc2ccnc(-c3nc(C)c(C)s3)c2)C1. The molecule has 0 aliphatic carbocycles. The number of pyridine rings is 1. The molecule has 3 heterocycles. The molecule has 2 aromatic rings. The van der Waals surface area contributed by atoms with E-state index in [2.05, 4.69) is 29.0 Å². The number of nitrogens with zero attached hydrogens (tertiary/aromatic N) is 3. The number of carbonyl (C=O) groups excluding carboxylic acids is 1. The lowest BCUT2D eigenvalue weighted by atomic mass is 9.99. The van der Waals surface area contributed by atoms with Crippen molar-refractivity contribution in [1.82, 2.24) is 14.9 Å². The normalized spacial score (nSPS) is 18.0. The van der Waals surface area contributed by atoms with E-state index < -0.39 is 0 Å². The minimum Gasteiger partial charge on any atom is -0.343 e. The van der Waals surface area contributed by atoms with Gasteiger partial charge in [-0.2, -0.15) is 0 Å². The first-order valence-corrected chi connectivity index (χ1v) is 8.49. The van der Waals surface area contributed by atoms with Crippen LogP contribution < -0.4 is 0 Å². The summed E-state index contributed by atoms with van der Waals surface area (Å²) in [6.07, 6.45) is 3.96. The molecule has 4 nitrogen and oxygen atoms in total. The summed E-state index contributed by atoms with van der Waals surface area (Å²) in [5.74, 6) is 0.741. The van der Waals surface area contributed by atoms with Crippen LogP contribution in [0.5, 0.6) is 0 Å². The van der Waals surface area contributed by atoms with E-state index in [1.807, 2.05) is 18.0 Å². The van der Waals surface area contributed by atoms with Gasteiger partial charge in [-0.25, -0.2) is 4.98 Å². The molecule has 0 radical (unpaired) electrons. The van der Waals surface area contributed by atoms with Gasteiger partial charge in [0.05, 0.1) is 11.4 Å². The Morgan fingerprint density at radius 2 is 2.27 bits per heavy atom. The summed E-state index contributed by atoms with van der Waals surface area (Å²) in [5, 5.41) is 0.994. The second kappa shape index (κ2) is 6.16. The van der Waals surface area contributed by atoms with Gasteiger partial charge in [-0.3, -0.25) is 9.78 Å². The summed E-state index contributed by atoms with van der Waals surface area (Å²) >= 11 is 1.70. The van der Waals surface area contributed by atoms with Gasteiger partial charge in [0, 0.05) is 31.1 Å². The van der Waals surface area contributed by atoms with Crippen molar-refractivity contribution < 1.29 is 4.79 Å². The summed E-state index contributed by atoms with van der Waals surface area (Å²) in [4.78, 5) is 23.7. The largest absolute Gasteiger partial charge is 0.343 e. The number of aryl methyl sites for hydroxylation is 2. The molecule has 1 amide bonds. The van der Waals surface area contributed by atoms with E-state index in [9.17, 15) is 4.79 Å². The number of likely N-dealkylation sites (tertiary alicyclic amines) is 1. The molecule has 0 saturated carbocycles. The number of carbonyl (C=O) groups is 1. The minimum absolute atomic E-state index is 0.187. The second-order valence-corrected chi connectivity index (χ2v) is 7.24. The zero-order valence-corrected chi connectivity index (χ0v) is 14.1. The summed E-state index contributed by atoms with van der Waals surface area (Å²) in [6, 6.07) is 4.22. The zero-order chi connectivity index (χ0) is 15.7. The third kappa shape index (κ3) is 3.19. The van der Waals surface area contributed by atoms with Gasteiger partial charge in [0.25, 0.3) is 0 Å². The average molecular weight is 315 g/mol. The molecular formula is C17H21N3OS. The third-order valence-electron chi connectivity index (χ3n) is 4.33. The highest BCUT2D eigenvalue weighted by molar-refractivity contribution is 7.15. The lowest BCUT2D eigenvalue weighted by Gasteiger charge is -2.14. The highest BCUT2D eigenvalue weighted by Crippen LogP contribution is 2.27. The van der Waals surface area contributed by atoms with Crippen LogP contribution in [0.2, 0.25) is 0 Å². The van der Waals surface area contributed by atoms with E-state index in [0.29, 0.717) is 5.92 Å². The third-order valence-corrected chi connectivity index (χ3v) is 5.42. The predicted octanol–water partition coefficient (Wildman–Crippen LogP) is 3.23. The number of aromatic nitrogens is 2. The van der Waals surface area contributed by atoms with Crippen molar-refractivity contribution in [2.45, 2.75) is 33.6 Å². The first-order chi connectivity index (χ1) is 10.5. The Labute approximate surface area is 135 Å². The molecular weight excluding hydrogens is 294 g/mol. The molecule has 22 heavy (non-hydrogen) atoms. The fourth-order valence-electron chi connectivity index (χ4n) is 2.92. The Morgan fingerprint density at radius 3 is 2.91 bits per heavy atom. The van der Waals surface area contributed by atoms with E-state index in [4.69, 9.17) is 0 Å². The van der Waals surface area contributed by atoms with E-state index in [-0.39, 0.29) is 5.91 Å². The fraction of sp³-hybridized carbons (Fsp3) is 0.471. The number of hydrogen-bond donors (Lipinski definition) is 0. The summed E-state index contributed by atoms with van der Waals surface area (Å²) < 4.78 is 0. The Kier molecular flexibility index (Phi) is 4.25. The van der Waals surface area contributed by atoms with Gasteiger partial charge in [-0.15, -0.1) is 11.3 Å². The summed E-state index contributed by atoms with van der Waals surface area (Å²) in [7, 11) is 0. The molecule has 0 aromatic carbocycles. The van der Waals surface area contributed by atoms with Crippen molar-refractivity contribution in [3.8, 4) is 10.7 Å². The Morgan fingerprint density at radius 1 is 1.45 bits per heavy atom. The van der Waals surface area contributed by atoms with Gasteiger partial charge in [0.15, 0.2) is 0 Å². The molecule has 1 atom stereocenters. The van der Waals surface area contributed by atoms with Crippen LogP contribution in [-0.2, 0) is 11.2 Å². The Balaban J connectivity index is 1.73. The first-order valence-electron chi connectivity index (χ1n) is 7.68. The molecule has 0 spiro atoms. The maximum Gasteiger partial charge on any atom is 0.219 e. The second-order valence-electron chi connectivity index (χ2n) is 6.03. The zero-order valence-electron chi connectivity index (χ0n) is 13.3. The molecule has 1 aliphatic heterocycles. The van der Waals surface area contributed by atoms with Crippen LogP contribution >= 0.6 is 11.3 Å². The Hall–Kier alpha value is -1.75. The summed E-state index contributed by atoms with van der Waals surface area (Å²) in [5.41, 5.74) is 3.33. The first kappa shape index (κ1) is 15.2. The maximum absolute atomic E-state index is 11.4. The van der Waals surface area contributed by atoms with Crippen LogP contribution in [0.3, 0.4) is 0 Å². The van der Waals surface area contributed by atoms with Gasteiger partial charge < -0.3 is 4.90 Å². The number of amides is 1. The van der Waals surface area contributed by atoms with Crippen molar-refractivity contribution in [3.63, 3.8) is 0 Å². The molecule has 1 aliphatic rings. The van der Waals surface area contributed by atoms with Crippen LogP contribution in [0.1, 0.15) is 29.5 Å². The van der Waals surface area contributed by atoms with Crippen LogP contribution in [0.15, 0.2) is 18.3 Å². The van der Waals surface area contributed by atoms with Crippen LogP contribution in [0.25, 0.3) is 10.7 Å². The van der Waals surface area contributed by atoms with Crippen LogP contribution in [-0.4, -0.2) is 33.9 Å². The van der Waals surface area contributed by atoms with Crippen molar-refractivity contribution in [2.75, 3.05) is 13.1 Å². The lowest BCUT2D eigenvalue weighted by molar-refractivity contribution is -0.127. The van der Waals surface area contributed by atoms with E-state index in [0.717, 1.165) is 42.3 Å². The van der Waals surface area contributed by atoms with Crippen LogP contribution in [0.4, 0.5) is 0 Å². The molecule has 1 fully saturated rings. The molecule has 5 heteroatoms. The monoisotopic (exact) mass is 315 g/mol. The van der Waals surface area contributed by atoms with Gasteiger partial charge >= 0.3 is 0 Å². The maximum atomic E-state index is 11.4. The van der Waals surface area contributed by atoms with Gasteiger partial charge in [-0.1, -0.05) is 0 Å². The van der Waals surface area contributed by atoms with Crippen molar-refractivity contribution >= 4 is 17.2 Å². The van der Waals surface area contributed by atoms with Crippen molar-refractivity contribution in [3.05, 3.63) is 34.5 Å². The van der Waals surface area contributed by atoms with Crippen LogP contribution in [0, 0.1) is 19.8 Å². The lowest BCUT2D eigenvalue weighted by Crippen LogP contribution is -2.26. The average Bonchev–Trinajstić information content (AvgIpc) is 3.07. The van der Waals surface area contributed by atoms with Crippen molar-refractivity contribution in [1.29, 1.82) is 0 Å². The highest BCUT2D eigenvalue weighted by Gasteiger charge is 2.24. The molecule has 2 aromatic heterocycles. The van der Waals surface area contributed by atoms with E-state index in [1.54, 1.807) is 18.3 Å².